The lowest BCUT2D eigenvalue weighted by Gasteiger charge is -2.26. The maximum absolute atomic E-state index is 12.1. The summed E-state index contributed by atoms with van der Waals surface area (Å²) in [6, 6.07) is 9.96. The van der Waals surface area contributed by atoms with Crippen molar-refractivity contribution in [3.63, 3.8) is 0 Å². The van der Waals surface area contributed by atoms with Gasteiger partial charge < -0.3 is 5.32 Å². The van der Waals surface area contributed by atoms with Crippen LogP contribution in [-0.4, -0.2) is 31.9 Å². The quantitative estimate of drug-likeness (QED) is 0.832. The molecule has 5 heteroatoms. The Bertz CT molecular complexity index is 590. The highest BCUT2D eigenvalue weighted by Gasteiger charge is 2.22. The number of sulfone groups is 1. The Morgan fingerprint density at radius 1 is 1.13 bits per heavy atom. The van der Waals surface area contributed by atoms with E-state index in [0.29, 0.717) is 12.3 Å². The van der Waals surface area contributed by atoms with Gasteiger partial charge in [-0.15, -0.1) is 0 Å². The van der Waals surface area contributed by atoms with Gasteiger partial charge in [0, 0.05) is 6.04 Å². The fourth-order valence-electron chi connectivity index (χ4n) is 3.09. The van der Waals surface area contributed by atoms with Crippen LogP contribution in [0.3, 0.4) is 0 Å². The van der Waals surface area contributed by atoms with Crippen molar-refractivity contribution >= 4 is 15.7 Å². The third kappa shape index (κ3) is 6.73. The number of hydrogen-bond acceptors (Lipinski definition) is 3. The van der Waals surface area contributed by atoms with Crippen molar-refractivity contribution in [1.82, 2.24) is 5.32 Å². The van der Waals surface area contributed by atoms with Crippen LogP contribution in [0.1, 0.15) is 44.6 Å². The fraction of sp³-hybridized carbons (Fsp3) is 0.611. The summed E-state index contributed by atoms with van der Waals surface area (Å²) < 4.78 is 24.1. The first-order valence-electron chi connectivity index (χ1n) is 8.48. The molecule has 1 amide bonds. The smallest absolute Gasteiger partial charge is 0.235 e. The second-order valence-corrected chi connectivity index (χ2v) is 8.89. The number of aryl methyl sites for hydroxylation is 1. The first-order valence-corrected chi connectivity index (χ1v) is 10.3. The highest BCUT2D eigenvalue weighted by molar-refractivity contribution is 7.92. The van der Waals surface area contributed by atoms with E-state index >= 15 is 0 Å². The third-order valence-corrected chi connectivity index (χ3v) is 6.11. The van der Waals surface area contributed by atoms with Crippen LogP contribution in [0.5, 0.6) is 0 Å². The maximum Gasteiger partial charge on any atom is 0.235 e. The number of amides is 1. The topological polar surface area (TPSA) is 63.2 Å². The van der Waals surface area contributed by atoms with Gasteiger partial charge in [0.15, 0.2) is 9.84 Å². The van der Waals surface area contributed by atoms with Crippen molar-refractivity contribution in [2.24, 2.45) is 5.92 Å². The molecule has 128 valence electrons. The lowest BCUT2D eigenvalue weighted by molar-refractivity contribution is -0.119. The minimum atomic E-state index is -3.32. The zero-order valence-electron chi connectivity index (χ0n) is 13.8. The average molecular weight is 337 g/mol. The summed E-state index contributed by atoms with van der Waals surface area (Å²) in [7, 11) is -3.32. The fourth-order valence-corrected chi connectivity index (χ4v) is 4.30. The van der Waals surface area contributed by atoms with Gasteiger partial charge in [0.1, 0.15) is 5.75 Å². The van der Waals surface area contributed by atoms with Gasteiger partial charge in [-0.25, -0.2) is 8.42 Å². The molecule has 0 spiro atoms. The van der Waals surface area contributed by atoms with Gasteiger partial charge in [0.25, 0.3) is 0 Å². The van der Waals surface area contributed by atoms with Crippen LogP contribution in [-0.2, 0) is 21.1 Å². The van der Waals surface area contributed by atoms with E-state index in [9.17, 15) is 13.2 Å². The summed E-state index contributed by atoms with van der Waals surface area (Å²) in [6.45, 7) is 2.22. The largest absolute Gasteiger partial charge is 0.352 e. The molecule has 1 aromatic carbocycles. The van der Waals surface area contributed by atoms with E-state index in [-0.39, 0.29) is 23.5 Å². The molecular weight excluding hydrogens is 310 g/mol. The van der Waals surface area contributed by atoms with E-state index in [4.69, 9.17) is 0 Å². The molecule has 1 N–H and O–H groups in total. The number of carbonyl (C=O) groups excluding carboxylic acids is 1. The Morgan fingerprint density at radius 2 is 1.78 bits per heavy atom. The van der Waals surface area contributed by atoms with Gasteiger partial charge in [-0.3, -0.25) is 4.79 Å². The minimum Gasteiger partial charge on any atom is -0.352 e. The monoisotopic (exact) mass is 337 g/mol. The van der Waals surface area contributed by atoms with Crippen molar-refractivity contribution in [3.8, 4) is 0 Å². The zero-order valence-corrected chi connectivity index (χ0v) is 14.6. The number of benzene rings is 1. The second-order valence-electron chi connectivity index (χ2n) is 6.71. The molecule has 0 radical (unpaired) electrons. The Kier molecular flexibility index (Phi) is 6.63. The molecule has 1 aromatic rings. The average Bonchev–Trinajstić information content (AvgIpc) is 2.50. The van der Waals surface area contributed by atoms with Crippen molar-refractivity contribution in [2.45, 2.75) is 51.5 Å². The molecule has 1 fully saturated rings. The van der Waals surface area contributed by atoms with E-state index in [1.165, 1.54) is 0 Å². The number of hydrogen-bond donors (Lipinski definition) is 1. The summed E-state index contributed by atoms with van der Waals surface area (Å²) in [4.78, 5) is 12.0. The lowest BCUT2D eigenvalue weighted by atomic mass is 9.87. The summed E-state index contributed by atoms with van der Waals surface area (Å²) in [5, 5.41) is 2.89. The van der Waals surface area contributed by atoms with E-state index in [1.54, 1.807) is 0 Å². The molecule has 2 rings (SSSR count). The molecule has 0 atom stereocenters. The lowest BCUT2D eigenvalue weighted by Crippen LogP contribution is -2.40. The SMILES string of the molecule is CC1CCC(NC(=O)CS(=O)(=O)CCCc2ccccc2)CC1. The second kappa shape index (κ2) is 8.48. The Balaban J connectivity index is 1.71. The molecule has 0 aliphatic heterocycles. The van der Waals surface area contributed by atoms with Crippen molar-refractivity contribution < 1.29 is 13.2 Å². The summed E-state index contributed by atoms with van der Waals surface area (Å²) >= 11 is 0. The number of carbonyl (C=O) groups is 1. The predicted octanol–water partition coefficient (Wildman–Crippen LogP) is 2.73. The molecule has 1 aliphatic rings. The normalized spacial score (nSPS) is 21.8. The standard InChI is InChI=1S/C18H27NO3S/c1-15-9-11-17(12-10-15)19-18(20)14-23(21,22)13-5-8-16-6-3-2-4-7-16/h2-4,6-7,15,17H,5,8-14H2,1H3,(H,19,20). The number of nitrogens with one attached hydrogen (secondary N) is 1. The van der Waals surface area contributed by atoms with Crippen LogP contribution in [0.2, 0.25) is 0 Å². The van der Waals surface area contributed by atoms with E-state index in [1.807, 2.05) is 30.3 Å². The molecule has 23 heavy (non-hydrogen) atoms. The summed E-state index contributed by atoms with van der Waals surface area (Å²) in [5.41, 5.74) is 1.13. The zero-order chi connectivity index (χ0) is 16.7. The highest BCUT2D eigenvalue weighted by atomic mass is 32.2. The Morgan fingerprint density at radius 3 is 2.43 bits per heavy atom. The molecule has 0 aromatic heterocycles. The van der Waals surface area contributed by atoms with E-state index in [0.717, 1.165) is 37.7 Å². The molecule has 0 unspecified atom stereocenters. The van der Waals surface area contributed by atoms with Gasteiger partial charge in [-0.2, -0.15) is 0 Å². The molecule has 4 nitrogen and oxygen atoms in total. The summed E-state index contributed by atoms with van der Waals surface area (Å²) in [5.74, 6) is 0.0549. The van der Waals surface area contributed by atoms with Crippen LogP contribution in [0.15, 0.2) is 30.3 Å². The molecule has 1 aliphatic carbocycles. The molecule has 1 saturated carbocycles. The molecule has 0 saturated heterocycles. The van der Waals surface area contributed by atoms with Crippen LogP contribution < -0.4 is 5.32 Å². The maximum atomic E-state index is 12.1. The van der Waals surface area contributed by atoms with Gasteiger partial charge in [-0.1, -0.05) is 37.3 Å². The van der Waals surface area contributed by atoms with Crippen molar-refractivity contribution in [2.75, 3.05) is 11.5 Å². The van der Waals surface area contributed by atoms with Crippen LogP contribution >= 0.6 is 0 Å². The first-order chi connectivity index (χ1) is 10.9. The van der Waals surface area contributed by atoms with Crippen LogP contribution in [0.4, 0.5) is 0 Å². The van der Waals surface area contributed by atoms with Gasteiger partial charge in [0.05, 0.1) is 5.75 Å². The summed E-state index contributed by atoms with van der Waals surface area (Å²) in [6.07, 6.45) is 5.41. The van der Waals surface area contributed by atoms with Crippen molar-refractivity contribution in [1.29, 1.82) is 0 Å². The van der Waals surface area contributed by atoms with Crippen molar-refractivity contribution in [3.05, 3.63) is 35.9 Å². The predicted molar refractivity (Wildman–Crippen MR) is 93.0 cm³/mol. The molecule has 0 bridgehead atoms. The van der Waals surface area contributed by atoms with Gasteiger partial charge in [-0.05, 0) is 50.0 Å². The van der Waals surface area contributed by atoms with E-state index in [2.05, 4.69) is 12.2 Å². The Labute approximate surface area is 139 Å². The molecular formula is C18H27NO3S. The first kappa shape index (κ1) is 18.0. The minimum absolute atomic E-state index is 0.0665. The highest BCUT2D eigenvalue weighted by Crippen LogP contribution is 2.23. The van der Waals surface area contributed by atoms with Crippen LogP contribution in [0, 0.1) is 5.92 Å². The van der Waals surface area contributed by atoms with Crippen LogP contribution in [0.25, 0.3) is 0 Å². The third-order valence-electron chi connectivity index (χ3n) is 4.50. The van der Waals surface area contributed by atoms with Gasteiger partial charge in [0.2, 0.25) is 5.91 Å². The van der Waals surface area contributed by atoms with E-state index < -0.39 is 9.84 Å². The van der Waals surface area contributed by atoms with Gasteiger partial charge >= 0.3 is 0 Å². The molecule has 0 heterocycles. The Hall–Kier alpha value is -1.36. The number of rotatable bonds is 7.